The lowest BCUT2D eigenvalue weighted by atomic mass is 10.1. The van der Waals surface area contributed by atoms with E-state index in [9.17, 15) is 18.5 Å². The van der Waals surface area contributed by atoms with Crippen molar-refractivity contribution in [1.82, 2.24) is 0 Å². The van der Waals surface area contributed by atoms with E-state index in [1.54, 1.807) is 24.3 Å². The Hall–Kier alpha value is -1.83. The number of halogens is 2. The van der Waals surface area contributed by atoms with Crippen molar-refractivity contribution >= 4 is 44.4 Å². The van der Waals surface area contributed by atoms with Gasteiger partial charge in [-0.1, -0.05) is 47.5 Å². The van der Waals surface area contributed by atoms with Crippen LogP contribution in [0.5, 0.6) is 0 Å². The summed E-state index contributed by atoms with van der Waals surface area (Å²) in [6.07, 6.45) is 1.17. The van der Waals surface area contributed by atoms with Gasteiger partial charge in [-0.3, -0.25) is 10.1 Å². The third-order valence-corrected chi connectivity index (χ3v) is 4.66. The molecule has 1 N–H and O–H groups in total. The molecule has 6 nitrogen and oxygen atoms in total. The van der Waals surface area contributed by atoms with Gasteiger partial charge in [0.2, 0.25) is 0 Å². The summed E-state index contributed by atoms with van der Waals surface area (Å²) in [6.45, 7) is 0.281. The van der Waals surface area contributed by atoms with Gasteiger partial charge in [0.15, 0.2) is 9.84 Å². The predicted octanol–water partition coefficient (Wildman–Crippen LogP) is 4.06. The van der Waals surface area contributed by atoms with Crippen LogP contribution < -0.4 is 5.32 Å². The maximum absolute atomic E-state index is 11.5. The Balaban J connectivity index is 2.25. The number of anilines is 1. The van der Waals surface area contributed by atoms with Gasteiger partial charge in [-0.2, -0.15) is 0 Å². The molecular weight excluding hydrogens is 375 g/mol. The molecule has 128 valence electrons. The van der Waals surface area contributed by atoms with Crippen molar-refractivity contribution in [2.45, 2.75) is 12.3 Å². The first-order valence-corrected chi connectivity index (χ1v) is 9.61. The Morgan fingerprint density at radius 1 is 1.12 bits per heavy atom. The van der Waals surface area contributed by atoms with Crippen LogP contribution in [-0.4, -0.2) is 19.6 Å². The number of nitrogens with zero attached hydrogens (tertiary/aromatic N) is 1. The van der Waals surface area contributed by atoms with Gasteiger partial charge in [0.1, 0.15) is 0 Å². The number of benzene rings is 2. The molecule has 2 rings (SSSR count). The maximum Gasteiger partial charge on any atom is 0.272 e. The number of hydrogen-bond acceptors (Lipinski definition) is 5. The molecule has 0 bridgehead atoms. The number of nitrogens with one attached hydrogen (secondary N) is 1. The molecule has 2 aromatic rings. The van der Waals surface area contributed by atoms with Crippen LogP contribution in [-0.2, 0) is 22.1 Å². The Bertz CT molecular complexity index is 862. The highest BCUT2D eigenvalue weighted by Crippen LogP contribution is 2.35. The first-order chi connectivity index (χ1) is 11.2. The highest BCUT2D eigenvalue weighted by molar-refractivity contribution is 7.89. The van der Waals surface area contributed by atoms with E-state index in [2.05, 4.69) is 5.32 Å². The molecule has 9 heteroatoms. The second-order valence-corrected chi connectivity index (χ2v) is 8.19. The van der Waals surface area contributed by atoms with Crippen molar-refractivity contribution in [2.24, 2.45) is 0 Å². The molecule has 0 aromatic heterocycles. The monoisotopic (exact) mass is 388 g/mol. The van der Waals surface area contributed by atoms with Crippen molar-refractivity contribution < 1.29 is 13.3 Å². The minimum Gasteiger partial charge on any atom is -0.379 e. The Morgan fingerprint density at radius 2 is 1.67 bits per heavy atom. The van der Waals surface area contributed by atoms with Gasteiger partial charge in [-0.05, 0) is 11.1 Å². The molecule has 0 heterocycles. The fraction of sp³-hybridized carbons (Fsp3) is 0.200. The lowest BCUT2D eigenvalue weighted by Crippen LogP contribution is -2.08. The van der Waals surface area contributed by atoms with E-state index in [0.717, 1.165) is 5.56 Å². The van der Waals surface area contributed by atoms with Gasteiger partial charge < -0.3 is 5.32 Å². The normalized spacial score (nSPS) is 11.3. The molecule has 2 aromatic carbocycles. The second-order valence-electron chi connectivity index (χ2n) is 5.23. The fourth-order valence-corrected chi connectivity index (χ4v) is 3.63. The summed E-state index contributed by atoms with van der Waals surface area (Å²) in [6, 6.07) is 9.49. The van der Waals surface area contributed by atoms with Crippen molar-refractivity contribution in [1.29, 1.82) is 0 Å². The fourth-order valence-electron chi connectivity index (χ4n) is 2.17. The molecule has 0 aliphatic rings. The highest BCUT2D eigenvalue weighted by Gasteiger charge is 2.15. The third-order valence-electron chi connectivity index (χ3n) is 3.23. The molecular formula is C15H14Cl2N2O4S. The predicted molar refractivity (Wildman–Crippen MR) is 95.4 cm³/mol. The average molecular weight is 389 g/mol. The largest absolute Gasteiger partial charge is 0.379 e. The van der Waals surface area contributed by atoms with E-state index in [0.29, 0.717) is 11.3 Å². The quantitative estimate of drug-likeness (QED) is 0.595. The number of non-ortho nitro benzene ring substituents is 1. The lowest BCUT2D eigenvalue weighted by Gasteiger charge is -2.13. The second kappa shape index (κ2) is 7.38. The summed E-state index contributed by atoms with van der Waals surface area (Å²) in [7, 11) is -3.17. The summed E-state index contributed by atoms with van der Waals surface area (Å²) in [5.74, 6) is -0.0768. The minimum absolute atomic E-state index is 0.0768. The van der Waals surface area contributed by atoms with Gasteiger partial charge in [-0.15, -0.1) is 0 Å². The van der Waals surface area contributed by atoms with Gasteiger partial charge >= 0.3 is 0 Å². The summed E-state index contributed by atoms with van der Waals surface area (Å²) >= 11 is 12.1. The first kappa shape index (κ1) is 18.5. The summed E-state index contributed by atoms with van der Waals surface area (Å²) in [5, 5.41) is 14.0. The lowest BCUT2D eigenvalue weighted by molar-refractivity contribution is -0.384. The van der Waals surface area contributed by atoms with E-state index in [-0.39, 0.29) is 28.0 Å². The first-order valence-electron chi connectivity index (χ1n) is 6.79. The molecule has 0 radical (unpaired) electrons. The molecule has 0 unspecified atom stereocenters. The van der Waals surface area contributed by atoms with Crippen LogP contribution in [0.25, 0.3) is 0 Å². The number of sulfone groups is 1. The molecule has 0 spiro atoms. The van der Waals surface area contributed by atoms with Crippen LogP contribution >= 0.6 is 23.2 Å². The van der Waals surface area contributed by atoms with Crippen molar-refractivity contribution in [2.75, 3.05) is 11.6 Å². The van der Waals surface area contributed by atoms with Crippen LogP contribution in [0.4, 0.5) is 11.4 Å². The Kier molecular flexibility index (Phi) is 5.69. The van der Waals surface area contributed by atoms with E-state index in [1.165, 1.54) is 18.4 Å². The zero-order valence-electron chi connectivity index (χ0n) is 12.6. The third kappa shape index (κ3) is 4.83. The standard InChI is InChI=1S/C15H14Cl2N2O4S/c1-24(22,23)9-11-5-3-2-4-10(11)8-18-15-13(16)6-12(19(20)21)7-14(15)17/h2-7,18H,8-9H2,1H3. The molecule has 0 aliphatic carbocycles. The van der Waals surface area contributed by atoms with E-state index in [1.807, 2.05) is 0 Å². The zero-order chi connectivity index (χ0) is 17.9. The number of nitro groups is 1. The van der Waals surface area contributed by atoms with Gasteiger partial charge in [-0.25, -0.2) is 8.42 Å². The molecule has 0 saturated heterocycles. The number of nitro benzene ring substituents is 1. The Morgan fingerprint density at radius 3 is 2.17 bits per heavy atom. The minimum atomic E-state index is -3.17. The molecule has 0 aliphatic heterocycles. The number of rotatable bonds is 6. The van der Waals surface area contributed by atoms with Crippen LogP contribution in [0, 0.1) is 10.1 Å². The van der Waals surface area contributed by atoms with Crippen molar-refractivity contribution in [3.63, 3.8) is 0 Å². The SMILES string of the molecule is CS(=O)(=O)Cc1ccccc1CNc1c(Cl)cc([N+](=O)[O-])cc1Cl. The summed E-state index contributed by atoms with van der Waals surface area (Å²) in [5.41, 5.74) is 1.60. The van der Waals surface area contributed by atoms with E-state index in [4.69, 9.17) is 23.2 Å². The van der Waals surface area contributed by atoms with Gasteiger partial charge in [0, 0.05) is 24.9 Å². The summed E-state index contributed by atoms with van der Waals surface area (Å²) < 4.78 is 23.0. The van der Waals surface area contributed by atoms with Crippen LogP contribution in [0.1, 0.15) is 11.1 Å². The smallest absolute Gasteiger partial charge is 0.272 e. The van der Waals surface area contributed by atoms with Gasteiger partial charge in [0.25, 0.3) is 5.69 Å². The van der Waals surface area contributed by atoms with E-state index >= 15 is 0 Å². The van der Waals surface area contributed by atoms with Crippen LogP contribution in [0.3, 0.4) is 0 Å². The maximum atomic E-state index is 11.5. The average Bonchev–Trinajstić information content (AvgIpc) is 2.46. The highest BCUT2D eigenvalue weighted by atomic mass is 35.5. The molecule has 24 heavy (non-hydrogen) atoms. The summed E-state index contributed by atoms with van der Waals surface area (Å²) in [4.78, 5) is 10.2. The van der Waals surface area contributed by atoms with Crippen LogP contribution in [0.2, 0.25) is 10.0 Å². The van der Waals surface area contributed by atoms with E-state index < -0.39 is 14.8 Å². The van der Waals surface area contributed by atoms with Crippen LogP contribution in [0.15, 0.2) is 36.4 Å². The molecule has 0 atom stereocenters. The molecule has 0 fully saturated rings. The topological polar surface area (TPSA) is 89.3 Å². The van der Waals surface area contributed by atoms with Crippen molar-refractivity contribution in [3.8, 4) is 0 Å². The van der Waals surface area contributed by atoms with Crippen molar-refractivity contribution in [3.05, 3.63) is 67.7 Å². The zero-order valence-corrected chi connectivity index (χ0v) is 15.0. The van der Waals surface area contributed by atoms with Gasteiger partial charge in [0.05, 0.1) is 26.4 Å². The Labute approximate surface area is 149 Å². The number of hydrogen-bond donors (Lipinski definition) is 1. The molecule has 0 saturated carbocycles. The molecule has 0 amide bonds.